The zero-order valence-electron chi connectivity index (χ0n) is 11.2. The fraction of sp³-hybridized carbons (Fsp3) is 0.714. The zero-order chi connectivity index (χ0) is 13.8. The van der Waals surface area contributed by atoms with E-state index in [2.05, 4.69) is 13.5 Å². The lowest BCUT2D eigenvalue weighted by atomic mass is 10.1. The van der Waals surface area contributed by atoms with Gasteiger partial charge in [0.15, 0.2) is 0 Å². The summed E-state index contributed by atoms with van der Waals surface area (Å²) in [7, 11) is 0. The van der Waals surface area contributed by atoms with Gasteiger partial charge in [0.25, 0.3) is 0 Å². The molecule has 0 amide bonds. The van der Waals surface area contributed by atoms with Crippen molar-refractivity contribution in [3.63, 3.8) is 0 Å². The maximum absolute atomic E-state index is 11.1. The Balaban J connectivity index is 3.33. The first-order valence-electron chi connectivity index (χ1n) is 6.69. The van der Waals surface area contributed by atoms with Crippen molar-refractivity contribution in [2.45, 2.75) is 58.3 Å². The van der Waals surface area contributed by atoms with Crippen LogP contribution in [0.4, 0.5) is 0 Å². The van der Waals surface area contributed by atoms with E-state index in [4.69, 9.17) is 9.84 Å². The molecule has 0 fully saturated rings. The molecule has 0 spiro atoms. The number of carboxylic acid groups (broad SMARTS) is 1. The summed E-state index contributed by atoms with van der Waals surface area (Å²) in [5.74, 6) is -2.15. The van der Waals surface area contributed by atoms with E-state index in [0.29, 0.717) is 0 Å². The third-order valence-corrected chi connectivity index (χ3v) is 2.74. The highest BCUT2D eigenvalue weighted by atomic mass is 16.5. The molecule has 0 aromatic carbocycles. The predicted molar refractivity (Wildman–Crippen MR) is 70.3 cm³/mol. The van der Waals surface area contributed by atoms with Crippen LogP contribution in [-0.4, -0.2) is 23.7 Å². The van der Waals surface area contributed by atoms with Crippen LogP contribution in [-0.2, 0) is 14.3 Å². The van der Waals surface area contributed by atoms with Crippen molar-refractivity contribution < 1.29 is 19.4 Å². The average molecular weight is 256 g/mol. The van der Waals surface area contributed by atoms with Crippen LogP contribution in [0.5, 0.6) is 0 Å². The molecule has 0 rings (SSSR count). The van der Waals surface area contributed by atoms with Gasteiger partial charge in [-0.05, 0) is 6.42 Å². The van der Waals surface area contributed by atoms with E-state index in [1.54, 1.807) is 0 Å². The number of aliphatic carboxylic acids is 1. The summed E-state index contributed by atoms with van der Waals surface area (Å²) in [6.07, 6.45) is 9.27. The molecule has 4 heteroatoms. The van der Waals surface area contributed by atoms with Crippen LogP contribution >= 0.6 is 0 Å². The van der Waals surface area contributed by atoms with Gasteiger partial charge in [0.2, 0.25) is 0 Å². The summed E-state index contributed by atoms with van der Waals surface area (Å²) in [5, 5.41) is 8.50. The largest absolute Gasteiger partial charge is 0.477 e. The molecule has 104 valence electrons. The van der Waals surface area contributed by atoms with E-state index < -0.39 is 17.5 Å². The first-order chi connectivity index (χ1) is 8.59. The molecule has 0 saturated heterocycles. The molecule has 0 radical (unpaired) electrons. The molecule has 0 aliphatic carbocycles. The van der Waals surface area contributed by atoms with E-state index in [1.165, 1.54) is 32.1 Å². The second-order valence-corrected chi connectivity index (χ2v) is 4.39. The van der Waals surface area contributed by atoms with Gasteiger partial charge in [-0.1, -0.05) is 58.4 Å². The average Bonchev–Trinajstić information content (AvgIpc) is 2.35. The van der Waals surface area contributed by atoms with Crippen LogP contribution in [0, 0.1) is 0 Å². The van der Waals surface area contributed by atoms with Crippen LogP contribution < -0.4 is 0 Å². The van der Waals surface area contributed by atoms with Crippen molar-refractivity contribution in [2.75, 3.05) is 6.61 Å². The SMILES string of the molecule is C=C(C(=O)O)C(=O)OCCCCCCCCCC. The molecule has 0 unspecified atom stereocenters. The maximum Gasteiger partial charge on any atom is 0.344 e. The van der Waals surface area contributed by atoms with E-state index >= 15 is 0 Å². The Morgan fingerprint density at radius 2 is 1.50 bits per heavy atom. The van der Waals surface area contributed by atoms with Gasteiger partial charge in [0, 0.05) is 0 Å². The Morgan fingerprint density at radius 3 is 2.00 bits per heavy atom. The third-order valence-electron chi connectivity index (χ3n) is 2.74. The number of carboxylic acids is 1. The molecule has 0 aromatic rings. The minimum absolute atomic E-state index is 0.278. The molecular formula is C14H24O4. The minimum atomic E-state index is -1.32. The standard InChI is InChI=1S/C14H24O4/c1-3-4-5-6-7-8-9-10-11-18-14(17)12(2)13(15)16/h2-11H2,1H3,(H,15,16). The van der Waals surface area contributed by atoms with Crippen LogP contribution in [0.2, 0.25) is 0 Å². The van der Waals surface area contributed by atoms with Crippen LogP contribution in [0.3, 0.4) is 0 Å². The second-order valence-electron chi connectivity index (χ2n) is 4.39. The van der Waals surface area contributed by atoms with Gasteiger partial charge in [0.05, 0.1) is 6.61 Å². The summed E-state index contributed by atoms with van der Waals surface area (Å²) in [4.78, 5) is 21.5. The lowest BCUT2D eigenvalue weighted by Crippen LogP contribution is -2.14. The van der Waals surface area contributed by atoms with E-state index in [-0.39, 0.29) is 6.61 Å². The maximum atomic E-state index is 11.1. The van der Waals surface area contributed by atoms with Gasteiger partial charge < -0.3 is 9.84 Å². The Labute approximate surface area is 109 Å². The van der Waals surface area contributed by atoms with E-state index in [0.717, 1.165) is 19.3 Å². The number of rotatable bonds is 11. The monoisotopic (exact) mass is 256 g/mol. The normalized spacial score (nSPS) is 10.1. The molecule has 0 saturated carbocycles. The Bertz CT molecular complexity index is 271. The van der Waals surface area contributed by atoms with Crippen LogP contribution in [0.15, 0.2) is 12.2 Å². The fourth-order valence-electron chi connectivity index (χ4n) is 1.58. The summed E-state index contributed by atoms with van der Waals surface area (Å²) >= 11 is 0. The smallest absolute Gasteiger partial charge is 0.344 e. The number of esters is 1. The lowest BCUT2D eigenvalue weighted by molar-refractivity contribution is -0.144. The molecule has 1 N–H and O–H groups in total. The predicted octanol–water partition coefficient (Wildman–Crippen LogP) is 3.31. The molecule has 0 atom stereocenters. The fourth-order valence-corrected chi connectivity index (χ4v) is 1.58. The van der Waals surface area contributed by atoms with Gasteiger partial charge in [-0.25, -0.2) is 9.59 Å². The van der Waals surface area contributed by atoms with Gasteiger partial charge in [-0.15, -0.1) is 0 Å². The molecule has 4 nitrogen and oxygen atoms in total. The van der Waals surface area contributed by atoms with E-state index in [9.17, 15) is 9.59 Å². The van der Waals surface area contributed by atoms with E-state index in [1.807, 2.05) is 0 Å². The first-order valence-corrected chi connectivity index (χ1v) is 6.69. The minimum Gasteiger partial charge on any atom is -0.477 e. The van der Waals surface area contributed by atoms with Crippen molar-refractivity contribution in [1.29, 1.82) is 0 Å². The Hall–Kier alpha value is -1.32. The number of hydrogen-bond acceptors (Lipinski definition) is 3. The highest BCUT2D eigenvalue weighted by Crippen LogP contribution is 2.08. The van der Waals surface area contributed by atoms with Crippen molar-refractivity contribution in [1.82, 2.24) is 0 Å². The Kier molecular flexibility index (Phi) is 10.0. The topological polar surface area (TPSA) is 63.6 Å². The summed E-state index contributed by atoms with van der Waals surface area (Å²) in [6, 6.07) is 0. The molecule has 18 heavy (non-hydrogen) atoms. The Morgan fingerprint density at radius 1 is 1.00 bits per heavy atom. The van der Waals surface area contributed by atoms with Gasteiger partial charge in [-0.2, -0.15) is 0 Å². The van der Waals surface area contributed by atoms with Crippen molar-refractivity contribution in [2.24, 2.45) is 0 Å². The van der Waals surface area contributed by atoms with Crippen molar-refractivity contribution >= 4 is 11.9 Å². The number of unbranched alkanes of at least 4 members (excludes halogenated alkanes) is 7. The number of carbonyl (C=O) groups is 2. The summed E-state index contributed by atoms with van der Waals surface area (Å²) in [5.41, 5.74) is -0.505. The molecule has 0 heterocycles. The highest BCUT2D eigenvalue weighted by Gasteiger charge is 2.15. The van der Waals surface area contributed by atoms with Crippen LogP contribution in [0.1, 0.15) is 58.3 Å². The molecule has 0 bridgehead atoms. The molecule has 0 aromatic heterocycles. The van der Waals surface area contributed by atoms with Crippen molar-refractivity contribution in [3.05, 3.63) is 12.2 Å². The number of carbonyl (C=O) groups excluding carboxylic acids is 1. The quantitative estimate of drug-likeness (QED) is 0.202. The first kappa shape index (κ1) is 16.7. The molecular weight excluding hydrogens is 232 g/mol. The second kappa shape index (κ2) is 10.8. The van der Waals surface area contributed by atoms with Gasteiger partial charge >= 0.3 is 11.9 Å². The highest BCUT2D eigenvalue weighted by molar-refractivity contribution is 6.12. The van der Waals surface area contributed by atoms with Gasteiger partial charge in [-0.3, -0.25) is 0 Å². The van der Waals surface area contributed by atoms with Gasteiger partial charge in [0.1, 0.15) is 5.57 Å². The van der Waals surface area contributed by atoms with Crippen molar-refractivity contribution in [3.8, 4) is 0 Å². The number of hydrogen-bond donors (Lipinski definition) is 1. The number of ether oxygens (including phenoxy) is 1. The molecule has 0 aliphatic heterocycles. The zero-order valence-corrected chi connectivity index (χ0v) is 11.2. The molecule has 0 aliphatic rings. The third kappa shape index (κ3) is 8.79. The summed E-state index contributed by atoms with van der Waals surface area (Å²) < 4.78 is 4.79. The summed E-state index contributed by atoms with van der Waals surface area (Å²) in [6.45, 7) is 5.61. The van der Waals surface area contributed by atoms with Crippen LogP contribution in [0.25, 0.3) is 0 Å². The lowest BCUT2D eigenvalue weighted by Gasteiger charge is -2.04.